The summed E-state index contributed by atoms with van der Waals surface area (Å²) in [6, 6.07) is 1.01. The Morgan fingerprint density at radius 2 is 2.03 bits per heavy atom. The molecular weight excluding hydrogens is 509 g/mol. The zero-order valence-electron chi connectivity index (χ0n) is 23.0. The average molecular weight is 546 g/mol. The SMILES string of the molecule is C=C[C@]1(C)C[C@@H](OC(=O)COc2c(F)cc3c(c2F)B(O)OC3)[C@]2(C)[C@H](C)CC[C@]3(CCC(=O)[C@H]32)[C@@H](C)[C@@H]1O. The molecule has 1 aliphatic heterocycles. The van der Waals surface area contributed by atoms with Gasteiger partial charge in [-0.3, -0.25) is 4.79 Å². The minimum Gasteiger partial charge on any atom is -0.476 e. The van der Waals surface area contributed by atoms with E-state index in [1.807, 2.05) is 20.8 Å². The van der Waals surface area contributed by atoms with Gasteiger partial charge in [-0.25, -0.2) is 13.6 Å². The Balaban J connectivity index is 1.46. The monoisotopic (exact) mass is 546 g/mol. The number of ether oxygens (including phenoxy) is 2. The number of hydrogen-bond acceptors (Lipinski definition) is 7. The van der Waals surface area contributed by atoms with E-state index >= 15 is 0 Å². The first-order valence-corrected chi connectivity index (χ1v) is 13.8. The lowest BCUT2D eigenvalue weighted by Crippen LogP contribution is -2.63. The van der Waals surface area contributed by atoms with Crippen LogP contribution in [0, 0.1) is 45.6 Å². The molecule has 0 radical (unpaired) electrons. The highest BCUT2D eigenvalue weighted by Crippen LogP contribution is 2.68. The van der Waals surface area contributed by atoms with Crippen LogP contribution in [0.4, 0.5) is 8.78 Å². The predicted molar refractivity (Wildman–Crippen MR) is 139 cm³/mol. The number of rotatable bonds is 5. The number of halogens is 2. The third-order valence-electron chi connectivity index (χ3n) is 10.9. The second kappa shape index (κ2) is 9.66. The fourth-order valence-electron chi connectivity index (χ4n) is 8.26. The third-order valence-corrected chi connectivity index (χ3v) is 10.9. The third kappa shape index (κ3) is 4.08. The highest BCUT2D eigenvalue weighted by molar-refractivity contribution is 6.61. The Hall–Kier alpha value is -2.30. The van der Waals surface area contributed by atoms with Gasteiger partial charge in [0.1, 0.15) is 11.9 Å². The van der Waals surface area contributed by atoms with Gasteiger partial charge in [0.05, 0.1) is 12.7 Å². The standard InChI is InChI=1S/C29H37BF2O7/c1-6-27(4)12-20(28(5)15(2)7-9-29(16(3)26(27)35)10-8-19(33)25(28)29)39-21(34)14-37-24-18(31)11-17-13-38-30(36)22(17)23(24)32/h6,11,15-16,20,25-26,35-36H,1,7-10,12-14H2,2-5H3/t15-,16+,20-,25+,26+,27-,28+,29+/m1/s1. The molecule has 1 aromatic rings. The maximum atomic E-state index is 15.0. The Morgan fingerprint density at radius 1 is 1.31 bits per heavy atom. The molecule has 0 amide bonds. The molecule has 39 heavy (non-hydrogen) atoms. The van der Waals surface area contributed by atoms with Crippen LogP contribution in [-0.4, -0.2) is 47.8 Å². The number of aliphatic hydroxyl groups is 1. The molecule has 0 saturated heterocycles. The molecule has 7 nitrogen and oxygen atoms in total. The van der Waals surface area contributed by atoms with E-state index in [0.717, 1.165) is 18.9 Å². The normalized spacial score (nSPS) is 39.4. The topological polar surface area (TPSA) is 102 Å². The van der Waals surface area contributed by atoms with Crippen molar-refractivity contribution in [3.63, 3.8) is 0 Å². The van der Waals surface area contributed by atoms with Crippen molar-refractivity contribution in [1.29, 1.82) is 0 Å². The Kier molecular flexibility index (Phi) is 7.00. The molecule has 1 aromatic carbocycles. The van der Waals surface area contributed by atoms with Gasteiger partial charge in [0.25, 0.3) is 0 Å². The molecule has 3 aliphatic carbocycles. The maximum Gasteiger partial charge on any atom is 0.494 e. The molecule has 10 heteroatoms. The first-order chi connectivity index (χ1) is 18.3. The van der Waals surface area contributed by atoms with Crippen LogP contribution in [-0.2, 0) is 25.6 Å². The molecule has 3 saturated carbocycles. The highest BCUT2D eigenvalue weighted by Gasteiger charge is 2.68. The quantitative estimate of drug-likeness (QED) is 0.331. The highest BCUT2D eigenvalue weighted by atomic mass is 19.1. The van der Waals surface area contributed by atoms with Crippen LogP contribution in [0.3, 0.4) is 0 Å². The van der Waals surface area contributed by atoms with Gasteiger partial charge in [0, 0.05) is 28.6 Å². The molecule has 0 spiro atoms. The van der Waals surface area contributed by atoms with Crippen molar-refractivity contribution in [2.75, 3.05) is 6.61 Å². The van der Waals surface area contributed by atoms with Gasteiger partial charge in [-0.05, 0) is 54.6 Å². The lowest BCUT2D eigenvalue weighted by Gasteiger charge is -2.61. The van der Waals surface area contributed by atoms with E-state index in [4.69, 9.17) is 14.1 Å². The molecule has 5 rings (SSSR count). The van der Waals surface area contributed by atoms with E-state index in [0.29, 0.717) is 12.8 Å². The van der Waals surface area contributed by atoms with Crippen molar-refractivity contribution in [3.8, 4) is 5.75 Å². The first-order valence-electron chi connectivity index (χ1n) is 13.8. The minimum atomic E-state index is -1.55. The molecule has 1 heterocycles. The van der Waals surface area contributed by atoms with Gasteiger partial charge in [0.2, 0.25) is 0 Å². The van der Waals surface area contributed by atoms with E-state index in [2.05, 4.69) is 13.5 Å². The molecule has 8 atom stereocenters. The second-order valence-corrected chi connectivity index (χ2v) is 12.6. The van der Waals surface area contributed by atoms with Gasteiger partial charge >= 0.3 is 13.1 Å². The summed E-state index contributed by atoms with van der Waals surface area (Å²) in [5, 5.41) is 21.5. The Labute approximate surface area is 228 Å². The summed E-state index contributed by atoms with van der Waals surface area (Å²) >= 11 is 0. The molecule has 0 unspecified atom stereocenters. The summed E-state index contributed by atoms with van der Waals surface area (Å²) in [6.45, 7) is 11.1. The minimum absolute atomic E-state index is 0.0426. The lowest BCUT2D eigenvalue weighted by molar-refractivity contribution is -0.207. The number of Topliss-reactive ketones (excluding diaryl/α,β-unsaturated/α-hetero) is 1. The van der Waals surface area contributed by atoms with Crippen LogP contribution in [0.5, 0.6) is 5.75 Å². The van der Waals surface area contributed by atoms with Gasteiger partial charge in [-0.1, -0.05) is 33.8 Å². The van der Waals surface area contributed by atoms with Crippen molar-refractivity contribution in [2.45, 2.75) is 78.6 Å². The number of aliphatic hydroxyl groups excluding tert-OH is 1. The zero-order chi connectivity index (χ0) is 28.5. The zero-order valence-corrected chi connectivity index (χ0v) is 23.0. The number of fused-ring (bicyclic) bond motifs is 1. The van der Waals surface area contributed by atoms with E-state index in [9.17, 15) is 28.5 Å². The summed E-state index contributed by atoms with van der Waals surface area (Å²) < 4.78 is 45.8. The summed E-state index contributed by atoms with van der Waals surface area (Å²) in [5.74, 6) is -4.16. The average Bonchev–Trinajstić information content (AvgIpc) is 3.44. The maximum absolute atomic E-state index is 15.0. The van der Waals surface area contributed by atoms with Crippen LogP contribution in [0.1, 0.15) is 65.4 Å². The van der Waals surface area contributed by atoms with E-state index < -0.39 is 65.5 Å². The molecule has 4 aliphatic rings. The Bertz CT molecular complexity index is 1210. The molecule has 2 N–H and O–H groups in total. The van der Waals surface area contributed by atoms with Gasteiger partial charge < -0.3 is 24.3 Å². The van der Waals surface area contributed by atoms with Gasteiger partial charge in [-0.15, -0.1) is 6.58 Å². The van der Waals surface area contributed by atoms with Crippen LogP contribution in [0.2, 0.25) is 0 Å². The van der Waals surface area contributed by atoms with Crippen LogP contribution >= 0.6 is 0 Å². The molecular formula is C29H37BF2O7. The van der Waals surface area contributed by atoms with Crippen molar-refractivity contribution < 1.29 is 42.6 Å². The number of esters is 1. The number of carbonyl (C=O) groups excluding carboxylic acids is 2. The lowest BCUT2D eigenvalue weighted by atomic mass is 9.44. The van der Waals surface area contributed by atoms with E-state index in [1.54, 1.807) is 6.08 Å². The second-order valence-electron chi connectivity index (χ2n) is 12.6. The van der Waals surface area contributed by atoms with E-state index in [1.165, 1.54) is 0 Å². The fraction of sp³-hybridized carbons (Fsp3) is 0.655. The predicted octanol–water partition coefficient (Wildman–Crippen LogP) is 3.47. The molecule has 0 aromatic heterocycles. The molecule has 2 bridgehead atoms. The van der Waals surface area contributed by atoms with Crippen molar-refractivity contribution in [1.82, 2.24) is 0 Å². The summed E-state index contributed by atoms with van der Waals surface area (Å²) in [6.07, 6.45) is 3.09. The fourth-order valence-corrected chi connectivity index (χ4v) is 8.26. The largest absolute Gasteiger partial charge is 0.494 e. The van der Waals surface area contributed by atoms with Crippen molar-refractivity contribution >= 4 is 24.3 Å². The molecule has 3 fully saturated rings. The first kappa shape index (κ1) is 28.2. The van der Waals surface area contributed by atoms with Crippen molar-refractivity contribution in [3.05, 3.63) is 35.9 Å². The van der Waals surface area contributed by atoms with Crippen LogP contribution < -0.4 is 10.2 Å². The van der Waals surface area contributed by atoms with Crippen LogP contribution in [0.15, 0.2) is 18.7 Å². The molecule has 212 valence electrons. The van der Waals surface area contributed by atoms with Gasteiger partial charge in [0.15, 0.2) is 24.0 Å². The number of hydrogen-bond donors (Lipinski definition) is 2. The van der Waals surface area contributed by atoms with Crippen molar-refractivity contribution in [2.24, 2.45) is 34.0 Å². The Morgan fingerprint density at radius 3 is 2.72 bits per heavy atom. The summed E-state index contributed by atoms with van der Waals surface area (Å²) in [4.78, 5) is 26.7. The summed E-state index contributed by atoms with van der Waals surface area (Å²) in [5.41, 5.74) is -1.98. The van der Waals surface area contributed by atoms with E-state index in [-0.39, 0.29) is 47.6 Å². The smallest absolute Gasteiger partial charge is 0.476 e. The summed E-state index contributed by atoms with van der Waals surface area (Å²) in [7, 11) is -1.55. The number of benzene rings is 1. The number of ketones is 1. The van der Waals surface area contributed by atoms with Gasteiger partial charge in [-0.2, -0.15) is 0 Å². The number of carbonyl (C=O) groups is 2. The van der Waals surface area contributed by atoms with Crippen LogP contribution in [0.25, 0.3) is 0 Å².